The molecule has 4 nitrogen and oxygen atoms in total. The van der Waals surface area contributed by atoms with Crippen LogP contribution in [0, 0.1) is 5.92 Å². The molecule has 102 valence electrons. The zero-order chi connectivity index (χ0) is 13.1. The lowest BCUT2D eigenvalue weighted by Gasteiger charge is -2.35. The molecule has 0 radical (unpaired) electrons. The van der Waals surface area contributed by atoms with Crippen molar-refractivity contribution in [3.8, 4) is 0 Å². The Hall–Kier alpha value is -0.870. The van der Waals surface area contributed by atoms with E-state index < -0.39 is 0 Å². The van der Waals surface area contributed by atoms with Crippen molar-refractivity contribution >= 4 is 0 Å². The molecular formula is C14H26N4. The standard InChI is InChI=1S/C14H26N4/c1-11(2)18-6-4-5-12(10-18)7-13-8-14(9-15)17(3)16-13/h8,11-12H,4-7,9-10,15H2,1-3H3. The second-order valence-corrected chi connectivity index (χ2v) is 5.76. The van der Waals surface area contributed by atoms with Crippen LogP contribution >= 0.6 is 0 Å². The Kier molecular flexibility index (Phi) is 4.40. The minimum atomic E-state index is 0.576. The summed E-state index contributed by atoms with van der Waals surface area (Å²) in [6.45, 7) is 7.62. The summed E-state index contributed by atoms with van der Waals surface area (Å²) in [5.74, 6) is 0.752. The highest BCUT2D eigenvalue weighted by atomic mass is 15.3. The fraction of sp³-hybridized carbons (Fsp3) is 0.786. The molecule has 0 amide bonds. The molecule has 0 aromatic carbocycles. The maximum absolute atomic E-state index is 5.69. The van der Waals surface area contributed by atoms with Gasteiger partial charge in [-0.15, -0.1) is 0 Å². The van der Waals surface area contributed by atoms with E-state index in [2.05, 4.69) is 29.9 Å². The van der Waals surface area contributed by atoms with Gasteiger partial charge in [0.05, 0.1) is 11.4 Å². The number of hydrogen-bond donors (Lipinski definition) is 1. The topological polar surface area (TPSA) is 47.1 Å². The van der Waals surface area contributed by atoms with Gasteiger partial charge in [-0.2, -0.15) is 5.10 Å². The summed E-state index contributed by atoms with van der Waals surface area (Å²) in [5.41, 5.74) is 8.02. The lowest BCUT2D eigenvalue weighted by Crippen LogP contribution is -2.40. The zero-order valence-electron chi connectivity index (χ0n) is 11.9. The van der Waals surface area contributed by atoms with Crippen LogP contribution in [0.5, 0.6) is 0 Å². The van der Waals surface area contributed by atoms with E-state index in [1.165, 1.54) is 31.6 Å². The fourth-order valence-corrected chi connectivity index (χ4v) is 2.89. The van der Waals surface area contributed by atoms with E-state index in [0.717, 1.165) is 18.0 Å². The van der Waals surface area contributed by atoms with Crippen molar-refractivity contribution in [3.63, 3.8) is 0 Å². The van der Waals surface area contributed by atoms with E-state index in [9.17, 15) is 0 Å². The van der Waals surface area contributed by atoms with Crippen molar-refractivity contribution in [1.82, 2.24) is 14.7 Å². The van der Waals surface area contributed by atoms with E-state index >= 15 is 0 Å². The molecule has 0 saturated carbocycles. The number of hydrogen-bond acceptors (Lipinski definition) is 3. The van der Waals surface area contributed by atoms with Crippen molar-refractivity contribution in [1.29, 1.82) is 0 Å². The van der Waals surface area contributed by atoms with E-state index in [1.54, 1.807) is 0 Å². The third-order valence-corrected chi connectivity index (χ3v) is 4.01. The van der Waals surface area contributed by atoms with Gasteiger partial charge in [0.2, 0.25) is 0 Å². The molecule has 2 rings (SSSR count). The van der Waals surface area contributed by atoms with Crippen LogP contribution in [-0.2, 0) is 20.0 Å². The summed E-state index contributed by atoms with van der Waals surface area (Å²) in [5, 5.41) is 4.56. The molecule has 1 atom stereocenters. The molecule has 0 bridgehead atoms. The molecule has 1 fully saturated rings. The van der Waals surface area contributed by atoms with Gasteiger partial charge in [-0.1, -0.05) is 0 Å². The second-order valence-electron chi connectivity index (χ2n) is 5.76. The van der Waals surface area contributed by atoms with Gasteiger partial charge in [-0.25, -0.2) is 0 Å². The van der Waals surface area contributed by atoms with Gasteiger partial charge in [-0.05, 0) is 51.6 Å². The van der Waals surface area contributed by atoms with Gasteiger partial charge in [0, 0.05) is 26.2 Å². The second kappa shape index (κ2) is 5.85. The fourth-order valence-electron chi connectivity index (χ4n) is 2.89. The molecule has 1 aliphatic rings. The number of aromatic nitrogens is 2. The van der Waals surface area contributed by atoms with Gasteiger partial charge in [0.25, 0.3) is 0 Å². The minimum Gasteiger partial charge on any atom is -0.325 e. The molecule has 1 aliphatic heterocycles. The Bertz CT molecular complexity index is 383. The minimum absolute atomic E-state index is 0.576. The average molecular weight is 250 g/mol. The van der Waals surface area contributed by atoms with Crippen LogP contribution in [0.25, 0.3) is 0 Å². The first kappa shape index (κ1) is 13.6. The maximum atomic E-state index is 5.69. The first-order chi connectivity index (χ1) is 8.60. The molecule has 0 aliphatic carbocycles. The largest absolute Gasteiger partial charge is 0.325 e. The SMILES string of the molecule is CC(C)N1CCCC(Cc2cc(CN)n(C)n2)C1. The van der Waals surface area contributed by atoms with E-state index in [4.69, 9.17) is 5.73 Å². The van der Waals surface area contributed by atoms with Gasteiger partial charge < -0.3 is 10.6 Å². The Labute approximate surface area is 110 Å². The Balaban J connectivity index is 1.96. The Morgan fingerprint density at radius 1 is 1.50 bits per heavy atom. The van der Waals surface area contributed by atoms with Crippen LogP contribution in [0.1, 0.15) is 38.1 Å². The van der Waals surface area contributed by atoms with Gasteiger partial charge >= 0.3 is 0 Å². The van der Waals surface area contributed by atoms with Gasteiger partial charge in [0.1, 0.15) is 0 Å². The molecule has 1 unspecified atom stereocenters. The quantitative estimate of drug-likeness (QED) is 0.882. The van der Waals surface area contributed by atoms with Gasteiger partial charge in [-0.3, -0.25) is 4.68 Å². The highest BCUT2D eigenvalue weighted by Crippen LogP contribution is 2.22. The monoisotopic (exact) mass is 250 g/mol. The van der Waals surface area contributed by atoms with Crippen LogP contribution < -0.4 is 5.73 Å². The first-order valence-corrected chi connectivity index (χ1v) is 7.06. The van der Waals surface area contributed by atoms with Crippen molar-refractivity contribution in [3.05, 3.63) is 17.5 Å². The predicted octanol–water partition coefficient (Wildman–Crippen LogP) is 1.54. The predicted molar refractivity (Wildman–Crippen MR) is 74.2 cm³/mol. The summed E-state index contributed by atoms with van der Waals surface area (Å²) < 4.78 is 1.92. The van der Waals surface area contributed by atoms with Crippen molar-refractivity contribution in [2.24, 2.45) is 18.7 Å². The third-order valence-electron chi connectivity index (χ3n) is 4.01. The number of likely N-dealkylation sites (tertiary alicyclic amines) is 1. The normalized spacial score (nSPS) is 21.7. The number of piperidine rings is 1. The van der Waals surface area contributed by atoms with Crippen LogP contribution in [0.4, 0.5) is 0 Å². The van der Waals surface area contributed by atoms with E-state index in [0.29, 0.717) is 12.6 Å². The highest BCUT2D eigenvalue weighted by Gasteiger charge is 2.22. The summed E-state index contributed by atoms with van der Waals surface area (Å²) in [6.07, 6.45) is 3.74. The summed E-state index contributed by atoms with van der Waals surface area (Å²) in [7, 11) is 1.98. The zero-order valence-corrected chi connectivity index (χ0v) is 11.9. The molecule has 4 heteroatoms. The lowest BCUT2D eigenvalue weighted by atomic mass is 9.92. The van der Waals surface area contributed by atoms with Crippen molar-refractivity contribution < 1.29 is 0 Å². The highest BCUT2D eigenvalue weighted by molar-refractivity contribution is 5.10. The smallest absolute Gasteiger partial charge is 0.0631 e. The molecule has 1 saturated heterocycles. The van der Waals surface area contributed by atoms with E-state index in [-0.39, 0.29) is 0 Å². The van der Waals surface area contributed by atoms with E-state index in [1.807, 2.05) is 11.7 Å². The third kappa shape index (κ3) is 3.12. The molecule has 18 heavy (non-hydrogen) atoms. The number of aryl methyl sites for hydroxylation is 1. The first-order valence-electron chi connectivity index (χ1n) is 7.06. The Morgan fingerprint density at radius 3 is 2.89 bits per heavy atom. The molecule has 1 aromatic rings. The average Bonchev–Trinajstić information content (AvgIpc) is 2.69. The molecule has 1 aromatic heterocycles. The lowest BCUT2D eigenvalue weighted by molar-refractivity contribution is 0.139. The summed E-state index contributed by atoms with van der Waals surface area (Å²) in [6, 6.07) is 2.82. The Morgan fingerprint density at radius 2 is 2.28 bits per heavy atom. The van der Waals surface area contributed by atoms with Crippen LogP contribution in [0.15, 0.2) is 6.07 Å². The van der Waals surface area contributed by atoms with Crippen LogP contribution in [-0.4, -0.2) is 33.8 Å². The van der Waals surface area contributed by atoms with Crippen LogP contribution in [0.2, 0.25) is 0 Å². The van der Waals surface area contributed by atoms with Crippen molar-refractivity contribution in [2.45, 2.75) is 45.7 Å². The summed E-state index contributed by atoms with van der Waals surface area (Å²) in [4.78, 5) is 2.58. The van der Waals surface area contributed by atoms with Gasteiger partial charge in [0.15, 0.2) is 0 Å². The number of rotatable bonds is 4. The maximum Gasteiger partial charge on any atom is 0.0631 e. The summed E-state index contributed by atoms with van der Waals surface area (Å²) >= 11 is 0. The molecule has 2 heterocycles. The molecule has 0 spiro atoms. The van der Waals surface area contributed by atoms with Crippen LogP contribution in [0.3, 0.4) is 0 Å². The number of nitrogens with zero attached hydrogens (tertiary/aromatic N) is 3. The molecule has 2 N–H and O–H groups in total. The molecular weight excluding hydrogens is 224 g/mol. The van der Waals surface area contributed by atoms with Crippen molar-refractivity contribution in [2.75, 3.05) is 13.1 Å². The number of nitrogens with two attached hydrogens (primary N) is 1.